The highest BCUT2D eigenvalue weighted by molar-refractivity contribution is 7.17. The molecule has 2 fully saturated rings. The van der Waals surface area contributed by atoms with E-state index in [-0.39, 0.29) is 17.6 Å². The van der Waals surface area contributed by atoms with Gasteiger partial charge in [0, 0.05) is 24.5 Å². The first-order valence-electron chi connectivity index (χ1n) is 10.4. The van der Waals surface area contributed by atoms with Gasteiger partial charge in [0.15, 0.2) is 5.65 Å². The number of benzene rings is 1. The first-order valence-corrected chi connectivity index (χ1v) is 11.7. The SMILES string of the molecule is C[C@@H]1OCC2(CCN(c3cnc4c(cnn4-c4ccc5ncsc5c4Cl)n3)CC2)[C@@H]1N. The van der Waals surface area contributed by atoms with Gasteiger partial charge in [-0.05, 0) is 31.9 Å². The summed E-state index contributed by atoms with van der Waals surface area (Å²) in [6.07, 6.45) is 5.70. The van der Waals surface area contributed by atoms with E-state index in [9.17, 15) is 0 Å². The van der Waals surface area contributed by atoms with Gasteiger partial charge in [-0.3, -0.25) is 0 Å². The van der Waals surface area contributed by atoms with Crippen molar-refractivity contribution in [2.45, 2.75) is 31.9 Å². The van der Waals surface area contributed by atoms with Crippen molar-refractivity contribution in [1.29, 1.82) is 0 Å². The second-order valence-corrected chi connectivity index (χ2v) is 9.72. The van der Waals surface area contributed by atoms with Gasteiger partial charge in [-0.15, -0.1) is 11.3 Å². The molecule has 6 rings (SSSR count). The van der Waals surface area contributed by atoms with Crippen LogP contribution in [0.3, 0.4) is 0 Å². The third kappa shape index (κ3) is 2.95. The Balaban J connectivity index is 1.29. The molecule has 2 saturated heterocycles. The fourth-order valence-electron chi connectivity index (χ4n) is 4.84. The molecule has 1 spiro atoms. The number of fused-ring (bicyclic) bond motifs is 2. The van der Waals surface area contributed by atoms with Crippen LogP contribution in [-0.2, 0) is 4.74 Å². The normalized spacial score (nSPS) is 23.4. The lowest BCUT2D eigenvalue weighted by atomic mass is 9.73. The zero-order chi connectivity index (χ0) is 21.2. The van der Waals surface area contributed by atoms with Crippen molar-refractivity contribution in [1.82, 2.24) is 24.7 Å². The van der Waals surface area contributed by atoms with Crippen molar-refractivity contribution < 1.29 is 4.74 Å². The topological polar surface area (TPSA) is 95.0 Å². The van der Waals surface area contributed by atoms with Crippen LogP contribution < -0.4 is 10.6 Å². The monoisotopic (exact) mass is 455 g/mol. The highest BCUT2D eigenvalue weighted by Crippen LogP contribution is 2.42. The molecule has 1 aromatic carbocycles. The maximum atomic E-state index is 6.64. The predicted molar refractivity (Wildman–Crippen MR) is 122 cm³/mol. The van der Waals surface area contributed by atoms with E-state index in [4.69, 9.17) is 32.0 Å². The van der Waals surface area contributed by atoms with Gasteiger partial charge in [-0.25, -0.2) is 19.6 Å². The molecule has 2 N–H and O–H groups in total. The molecule has 0 amide bonds. The highest BCUT2D eigenvalue weighted by atomic mass is 35.5. The summed E-state index contributed by atoms with van der Waals surface area (Å²) in [6, 6.07) is 3.97. The van der Waals surface area contributed by atoms with Crippen LogP contribution in [-0.4, -0.2) is 56.6 Å². The average molecular weight is 456 g/mol. The van der Waals surface area contributed by atoms with Crippen LogP contribution in [0.1, 0.15) is 19.8 Å². The lowest BCUT2D eigenvalue weighted by molar-refractivity contribution is 0.0974. The van der Waals surface area contributed by atoms with Crippen molar-refractivity contribution in [2.24, 2.45) is 11.1 Å². The summed E-state index contributed by atoms with van der Waals surface area (Å²) < 4.78 is 8.52. The van der Waals surface area contributed by atoms with Gasteiger partial charge >= 0.3 is 0 Å². The first kappa shape index (κ1) is 19.4. The van der Waals surface area contributed by atoms with E-state index in [1.54, 1.807) is 16.4 Å². The van der Waals surface area contributed by atoms with E-state index in [2.05, 4.69) is 21.9 Å². The van der Waals surface area contributed by atoms with Crippen LogP contribution in [0.5, 0.6) is 0 Å². The number of anilines is 1. The Labute approximate surface area is 188 Å². The number of hydrogen-bond acceptors (Lipinski definition) is 8. The van der Waals surface area contributed by atoms with Gasteiger partial charge in [-0.2, -0.15) is 5.10 Å². The van der Waals surface area contributed by atoms with Crippen LogP contribution in [0.4, 0.5) is 5.82 Å². The molecule has 2 aliphatic rings. The number of thiazole rings is 1. The molecule has 0 bridgehead atoms. The molecule has 160 valence electrons. The number of nitrogens with zero attached hydrogens (tertiary/aromatic N) is 6. The average Bonchev–Trinajstić information content (AvgIpc) is 3.50. The fraction of sp³-hybridized carbons (Fsp3) is 0.429. The second-order valence-electron chi connectivity index (χ2n) is 8.48. The van der Waals surface area contributed by atoms with Crippen molar-refractivity contribution in [3.05, 3.63) is 35.1 Å². The number of halogens is 1. The van der Waals surface area contributed by atoms with Gasteiger partial charge in [0.05, 0.1) is 51.5 Å². The Morgan fingerprint density at radius 3 is 2.81 bits per heavy atom. The number of nitrogens with two attached hydrogens (primary N) is 1. The minimum atomic E-state index is 0.0877. The molecule has 0 radical (unpaired) electrons. The van der Waals surface area contributed by atoms with Crippen LogP contribution in [0.2, 0.25) is 5.02 Å². The van der Waals surface area contributed by atoms with Crippen molar-refractivity contribution in [3.63, 3.8) is 0 Å². The Hall–Kier alpha value is -2.33. The second kappa shape index (κ2) is 7.09. The zero-order valence-corrected chi connectivity index (χ0v) is 18.6. The summed E-state index contributed by atoms with van der Waals surface area (Å²) in [6.45, 7) is 4.62. The Kier molecular flexibility index (Phi) is 4.43. The smallest absolute Gasteiger partial charge is 0.181 e. The first-order chi connectivity index (χ1) is 15.1. The van der Waals surface area contributed by atoms with Crippen LogP contribution in [0.15, 0.2) is 30.0 Å². The summed E-state index contributed by atoms with van der Waals surface area (Å²) in [4.78, 5) is 16.1. The zero-order valence-electron chi connectivity index (χ0n) is 17.0. The molecular weight excluding hydrogens is 434 g/mol. The van der Waals surface area contributed by atoms with Gasteiger partial charge in [0.1, 0.15) is 11.3 Å². The van der Waals surface area contributed by atoms with E-state index < -0.39 is 0 Å². The van der Waals surface area contributed by atoms with E-state index >= 15 is 0 Å². The predicted octanol–water partition coefficient (Wildman–Crippen LogP) is 3.41. The molecule has 8 nitrogen and oxygen atoms in total. The summed E-state index contributed by atoms with van der Waals surface area (Å²) in [5, 5.41) is 5.15. The maximum Gasteiger partial charge on any atom is 0.181 e. The Morgan fingerprint density at radius 1 is 1.19 bits per heavy atom. The van der Waals surface area contributed by atoms with Crippen LogP contribution in [0, 0.1) is 5.41 Å². The van der Waals surface area contributed by atoms with Crippen molar-refractivity contribution in [2.75, 3.05) is 24.6 Å². The third-order valence-electron chi connectivity index (χ3n) is 6.84. The Morgan fingerprint density at radius 2 is 2.03 bits per heavy atom. The van der Waals surface area contributed by atoms with E-state index in [0.29, 0.717) is 10.7 Å². The van der Waals surface area contributed by atoms with Crippen LogP contribution in [0.25, 0.3) is 27.1 Å². The summed E-state index contributed by atoms with van der Waals surface area (Å²) in [5.41, 5.74) is 11.4. The summed E-state index contributed by atoms with van der Waals surface area (Å²) in [7, 11) is 0. The molecule has 0 saturated carbocycles. The molecule has 0 aliphatic carbocycles. The number of aromatic nitrogens is 5. The molecule has 2 atom stereocenters. The van der Waals surface area contributed by atoms with Gasteiger partial charge in [-0.1, -0.05) is 11.6 Å². The largest absolute Gasteiger partial charge is 0.376 e. The number of hydrogen-bond donors (Lipinski definition) is 1. The van der Waals surface area contributed by atoms with E-state index in [1.165, 1.54) is 11.3 Å². The lowest BCUT2D eigenvalue weighted by Gasteiger charge is -2.41. The van der Waals surface area contributed by atoms with E-state index in [1.807, 2.05) is 18.3 Å². The number of piperidine rings is 1. The van der Waals surface area contributed by atoms with Crippen molar-refractivity contribution in [3.8, 4) is 5.69 Å². The summed E-state index contributed by atoms with van der Waals surface area (Å²) in [5.74, 6) is 0.867. The molecule has 31 heavy (non-hydrogen) atoms. The third-order valence-corrected chi connectivity index (χ3v) is 8.19. The molecule has 0 unspecified atom stereocenters. The standard InChI is InChI=1S/C21H22ClN7OS/c1-12-19(23)21(10-30-12)4-6-28(7-5-21)16-9-24-20-14(27-16)8-26-29(20)15-3-2-13-18(17(15)22)31-11-25-13/h2-3,8-9,11-12,19H,4-7,10,23H2,1H3/t12-,19+/m0/s1. The highest BCUT2D eigenvalue weighted by Gasteiger charge is 2.47. The molecule has 5 heterocycles. The van der Waals surface area contributed by atoms with E-state index in [0.717, 1.165) is 59.8 Å². The van der Waals surface area contributed by atoms with Crippen LogP contribution >= 0.6 is 22.9 Å². The number of ether oxygens (including phenoxy) is 1. The van der Waals surface area contributed by atoms with Gasteiger partial charge in [0.2, 0.25) is 0 Å². The molecular formula is C21H22ClN7OS. The molecule has 10 heteroatoms. The fourth-order valence-corrected chi connectivity index (χ4v) is 5.93. The minimum absolute atomic E-state index is 0.0877. The number of rotatable bonds is 2. The van der Waals surface area contributed by atoms with Crippen molar-refractivity contribution >= 4 is 50.1 Å². The maximum absolute atomic E-state index is 6.64. The van der Waals surface area contributed by atoms with Gasteiger partial charge in [0.25, 0.3) is 0 Å². The Bertz CT molecular complexity index is 1280. The lowest BCUT2D eigenvalue weighted by Crippen LogP contribution is -2.50. The van der Waals surface area contributed by atoms with Gasteiger partial charge < -0.3 is 15.4 Å². The summed E-state index contributed by atoms with van der Waals surface area (Å²) >= 11 is 8.16. The minimum Gasteiger partial charge on any atom is -0.376 e. The molecule has 2 aliphatic heterocycles. The quantitative estimate of drug-likeness (QED) is 0.494. The molecule has 3 aromatic heterocycles. The molecule has 4 aromatic rings.